The summed E-state index contributed by atoms with van der Waals surface area (Å²) in [5.74, 6) is 0. The lowest BCUT2D eigenvalue weighted by Gasteiger charge is -2.44. The molecule has 14 heavy (non-hydrogen) atoms. The Morgan fingerprint density at radius 2 is 1.93 bits per heavy atom. The number of piperazine rings is 1. The van der Waals surface area contributed by atoms with E-state index in [1.165, 1.54) is 6.42 Å². The van der Waals surface area contributed by atoms with Crippen molar-refractivity contribution < 1.29 is 0 Å². The van der Waals surface area contributed by atoms with E-state index in [-0.39, 0.29) is 5.54 Å². The van der Waals surface area contributed by atoms with Crippen molar-refractivity contribution in [2.24, 2.45) is 5.73 Å². The number of rotatable bonds is 4. The summed E-state index contributed by atoms with van der Waals surface area (Å²) in [4.78, 5) is 2.52. The van der Waals surface area contributed by atoms with Gasteiger partial charge in [0.05, 0.1) is 0 Å². The molecule has 1 aliphatic rings. The first-order valence-electron chi connectivity index (χ1n) is 5.80. The SMILES string of the molecule is CCCC(N)C(C)(C)N1CCNCC1. The number of nitrogens with one attached hydrogen (secondary N) is 1. The third-order valence-corrected chi connectivity index (χ3v) is 3.44. The van der Waals surface area contributed by atoms with Crippen molar-refractivity contribution in [3.05, 3.63) is 0 Å². The van der Waals surface area contributed by atoms with E-state index in [9.17, 15) is 0 Å². The highest BCUT2D eigenvalue weighted by molar-refractivity contribution is 4.93. The highest BCUT2D eigenvalue weighted by Gasteiger charge is 2.32. The molecular formula is C11H25N3. The Morgan fingerprint density at radius 3 is 2.43 bits per heavy atom. The van der Waals surface area contributed by atoms with Crippen LogP contribution in [0.25, 0.3) is 0 Å². The molecule has 1 rings (SSSR count). The molecule has 1 atom stereocenters. The fourth-order valence-corrected chi connectivity index (χ4v) is 2.14. The van der Waals surface area contributed by atoms with Gasteiger partial charge in [-0.2, -0.15) is 0 Å². The molecule has 1 saturated heterocycles. The molecule has 3 nitrogen and oxygen atoms in total. The topological polar surface area (TPSA) is 41.3 Å². The Balaban J connectivity index is 2.52. The summed E-state index contributed by atoms with van der Waals surface area (Å²) >= 11 is 0. The predicted molar refractivity (Wildman–Crippen MR) is 61.4 cm³/mol. The van der Waals surface area contributed by atoms with Crippen molar-refractivity contribution in [1.29, 1.82) is 0 Å². The summed E-state index contributed by atoms with van der Waals surface area (Å²) in [6.07, 6.45) is 2.30. The maximum atomic E-state index is 6.23. The lowest BCUT2D eigenvalue weighted by atomic mass is 9.89. The number of hydrogen-bond donors (Lipinski definition) is 2. The van der Waals surface area contributed by atoms with Gasteiger partial charge in [0.1, 0.15) is 0 Å². The second-order valence-corrected chi connectivity index (χ2v) is 4.79. The van der Waals surface area contributed by atoms with Crippen LogP contribution in [0.1, 0.15) is 33.6 Å². The van der Waals surface area contributed by atoms with Gasteiger partial charge in [0.2, 0.25) is 0 Å². The third-order valence-electron chi connectivity index (χ3n) is 3.44. The Bertz CT molecular complexity index is 162. The quantitative estimate of drug-likeness (QED) is 0.703. The Labute approximate surface area is 88.0 Å². The summed E-state index contributed by atoms with van der Waals surface area (Å²) in [5, 5.41) is 3.38. The van der Waals surface area contributed by atoms with E-state index in [2.05, 4.69) is 31.0 Å². The molecule has 0 radical (unpaired) electrons. The highest BCUT2D eigenvalue weighted by Crippen LogP contribution is 2.20. The molecule has 0 aromatic carbocycles. The summed E-state index contributed by atoms with van der Waals surface area (Å²) < 4.78 is 0. The predicted octanol–water partition coefficient (Wildman–Crippen LogP) is 0.798. The van der Waals surface area contributed by atoms with E-state index < -0.39 is 0 Å². The van der Waals surface area contributed by atoms with E-state index >= 15 is 0 Å². The first-order valence-corrected chi connectivity index (χ1v) is 5.80. The first kappa shape index (κ1) is 12.0. The van der Waals surface area contributed by atoms with Crippen LogP contribution in [0.3, 0.4) is 0 Å². The fraction of sp³-hybridized carbons (Fsp3) is 1.00. The third kappa shape index (κ3) is 2.69. The van der Waals surface area contributed by atoms with Crippen molar-refractivity contribution in [2.75, 3.05) is 26.2 Å². The monoisotopic (exact) mass is 199 g/mol. The lowest BCUT2D eigenvalue weighted by Crippen LogP contribution is -2.60. The van der Waals surface area contributed by atoms with E-state index in [0.29, 0.717) is 6.04 Å². The second kappa shape index (κ2) is 5.10. The van der Waals surface area contributed by atoms with Gasteiger partial charge in [0, 0.05) is 37.8 Å². The largest absolute Gasteiger partial charge is 0.326 e. The molecule has 0 spiro atoms. The van der Waals surface area contributed by atoms with Crippen LogP contribution < -0.4 is 11.1 Å². The summed E-state index contributed by atoms with van der Waals surface area (Å²) in [5.41, 5.74) is 6.38. The molecule has 1 heterocycles. The van der Waals surface area contributed by atoms with Crippen LogP contribution in [-0.4, -0.2) is 42.7 Å². The maximum Gasteiger partial charge on any atom is 0.0305 e. The van der Waals surface area contributed by atoms with Gasteiger partial charge in [-0.05, 0) is 20.3 Å². The average Bonchev–Trinajstić information content (AvgIpc) is 2.19. The zero-order chi connectivity index (χ0) is 10.6. The van der Waals surface area contributed by atoms with Crippen molar-refractivity contribution >= 4 is 0 Å². The number of nitrogens with zero attached hydrogens (tertiary/aromatic N) is 1. The standard InChI is InChI=1S/C11H25N3/c1-4-5-10(12)11(2,3)14-8-6-13-7-9-14/h10,13H,4-9,12H2,1-3H3. The van der Waals surface area contributed by atoms with Crippen LogP contribution in [0, 0.1) is 0 Å². The van der Waals surface area contributed by atoms with E-state index in [1.807, 2.05) is 0 Å². The highest BCUT2D eigenvalue weighted by atomic mass is 15.2. The summed E-state index contributed by atoms with van der Waals surface area (Å²) in [6.45, 7) is 11.2. The molecule has 1 unspecified atom stereocenters. The van der Waals surface area contributed by atoms with Gasteiger partial charge in [0.15, 0.2) is 0 Å². The van der Waals surface area contributed by atoms with Gasteiger partial charge in [0.25, 0.3) is 0 Å². The molecular weight excluding hydrogens is 174 g/mol. The molecule has 3 heteroatoms. The van der Waals surface area contributed by atoms with Gasteiger partial charge in [-0.15, -0.1) is 0 Å². The fourth-order valence-electron chi connectivity index (χ4n) is 2.14. The molecule has 0 saturated carbocycles. The Kier molecular flexibility index (Phi) is 4.35. The molecule has 0 aliphatic carbocycles. The molecule has 0 aromatic rings. The van der Waals surface area contributed by atoms with Gasteiger partial charge in [-0.1, -0.05) is 13.3 Å². The van der Waals surface area contributed by atoms with Gasteiger partial charge in [-0.25, -0.2) is 0 Å². The van der Waals surface area contributed by atoms with Crippen LogP contribution in [-0.2, 0) is 0 Å². The summed E-state index contributed by atoms with van der Waals surface area (Å²) in [7, 11) is 0. The Hall–Kier alpha value is -0.120. The van der Waals surface area contributed by atoms with Crippen LogP contribution >= 0.6 is 0 Å². The zero-order valence-electron chi connectivity index (χ0n) is 9.84. The van der Waals surface area contributed by atoms with Crippen molar-refractivity contribution in [3.8, 4) is 0 Å². The first-order chi connectivity index (χ1) is 6.59. The van der Waals surface area contributed by atoms with Crippen LogP contribution in [0.2, 0.25) is 0 Å². The number of nitrogens with two attached hydrogens (primary N) is 1. The Morgan fingerprint density at radius 1 is 1.36 bits per heavy atom. The van der Waals surface area contributed by atoms with E-state index in [4.69, 9.17) is 5.73 Å². The second-order valence-electron chi connectivity index (χ2n) is 4.79. The number of hydrogen-bond acceptors (Lipinski definition) is 3. The summed E-state index contributed by atoms with van der Waals surface area (Å²) in [6, 6.07) is 0.297. The van der Waals surface area contributed by atoms with Gasteiger partial charge in [-0.3, -0.25) is 4.90 Å². The normalized spacial score (nSPS) is 22.3. The van der Waals surface area contributed by atoms with Gasteiger partial charge < -0.3 is 11.1 Å². The molecule has 0 aromatic heterocycles. The van der Waals surface area contributed by atoms with Crippen LogP contribution in [0.5, 0.6) is 0 Å². The molecule has 0 amide bonds. The van der Waals surface area contributed by atoms with Crippen LogP contribution in [0.15, 0.2) is 0 Å². The van der Waals surface area contributed by atoms with E-state index in [1.54, 1.807) is 0 Å². The lowest BCUT2D eigenvalue weighted by molar-refractivity contribution is 0.0773. The molecule has 0 bridgehead atoms. The van der Waals surface area contributed by atoms with Crippen molar-refractivity contribution in [3.63, 3.8) is 0 Å². The van der Waals surface area contributed by atoms with Crippen LogP contribution in [0.4, 0.5) is 0 Å². The van der Waals surface area contributed by atoms with Crippen molar-refractivity contribution in [2.45, 2.75) is 45.2 Å². The smallest absolute Gasteiger partial charge is 0.0305 e. The zero-order valence-corrected chi connectivity index (χ0v) is 9.84. The van der Waals surface area contributed by atoms with Crippen molar-refractivity contribution in [1.82, 2.24) is 10.2 Å². The molecule has 84 valence electrons. The maximum absolute atomic E-state index is 6.23. The minimum Gasteiger partial charge on any atom is -0.326 e. The average molecular weight is 199 g/mol. The minimum absolute atomic E-state index is 0.151. The molecule has 1 fully saturated rings. The van der Waals surface area contributed by atoms with Gasteiger partial charge >= 0.3 is 0 Å². The molecule has 1 aliphatic heterocycles. The van der Waals surface area contributed by atoms with E-state index in [0.717, 1.165) is 32.6 Å². The molecule has 3 N–H and O–H groups in total. The minimum atomic E-state index is 0.151.